The zero-order valence-electron chi connectivity index (χ0n) is 6.34. The van der Waals surface area contributed by atoms with Gasteiger partial charge in [0.15, 0.2) is 5.69 Å². The molecule has 0 aromatic carbocycles. The second-order valence-corrected chi connectivity index (χ2v) is 2.26. The Bertz CT molecular complexity index is 291. The third-order valence-electron chi connectivity index (χ3n) is 1.71. The average molecular weight is 135 g/mol. The van der Waals surface area contributed by atoms with Gasteiger partial charge in [-0.15, -0.1) is 0 Å². The summed E-state index contributed by atoms with van der Waals surface area (Å²) in [5, 5.41) is 8.53. The van der Waals surface area contributed by atoms with Crippen LogP contribution in [0.5, 0.6) is 0 Å². The molecule has 0 aliphatic rings. The first-order valence-corrected chi connectivity index (χ1v) is 3.07. The third kappa shape index (κ3) is 0.781. The van der Waals surface area contributed by atoms with Crippen molar-refractivity contribution in [2.24, 2.45) is 7.05 Å². The number of aryl methyl sites for hydroxylation is 1. The van der Waals surface area contributed by atoms with E-state index in [2.05, 4.69) is 4.98 Å². The average Bonchev–Trinajstić information content (AvgIpc) is 2.17. The van der Waals surface area contributed by atoms with Gasteiger partial charge in [0.2, 0.25) is 0 Å². The molecule has 0 radical (unpaired) electrons. The molecule has 1 rings (SSSR count). The van der Waals surface area contributed by atoms with Gasteiger partial charge in [-0.2, -0.15) is 5.26 Å². The Morgan fingerprint density at radius 2 is 2.10 bits per heavy atom. The van der Waals surface area contributed by atoms with Gasteiger partial charge in [-0.3, -0.25) is 0 Å². The normalized spacial score (nSPS) is 9.40. The van der Waals surface area contributed by atoms with Gasteiger partial charge in [-0.1, -0.05) is 0 Å². The first-order valence-electron chi connectivity index (χ1n) is 3.07. The molecule has 0 atom stereocenters. The Kier molecular flexibility index (Phi) is 1.46. The number of aromatic nitrogens is 2. The molecule has 0 aliphatic carbocycles. The highest BCUT2D eigenvalue weighted by atomic mass is 15.1. The molecule has 1 aromatic rings. The van der Waals surface area contributed by atoms with E-state index in [1.165, 1.54) is 0 Å². The standard InChI is InChI=1S/C7H9N3/c1-5-7(4-8)9-6(2)10(5)3/h1-3H3. The minimum Gasteiger partial charge on any atom is -0.334 e. The summed E-state index contributed by atoms with van der Waals surface area (Å²) in [7, 11) is 1.90. The fraction of sp³-hybridized carbons (Fsp3) is 0.429. The quantitative estimate of drug-likeness (QED) is 0.530. The van der Waals surface area contributed by atoms with E-state index in [4.69, 9.17) is 5.26 Å². The second-order valence-electron chi connectivity index (χ2n) is 2.26. The number of nitrogens with zero attached hydrogens (tertiary/aromatic N) is 3. The van der Waals surface area contributed by atoms with Crippen LogP contribution in [0.25, 0.3) is 0 Å². The molecule has 1 aromatic heterocycles. The van der Waals surface area contributed by atoms with E-state index in [9.17, 15) is 0 Å². The van der Waals surface area contributed by atoms with Crippen LogP contribution in [0.1, 0.15) is 17.2 Å². The summed E-state index contributed by atoms with van der Waals surface area (Å²) in [6.45, 7) is 3.77. The van der Waals surface area contributed by atoms with Crippen molar-refractivity contribution in [2.75, 3.05) is 0 Å². The molecule has 0 N–H and O–H groups in total. The summed E-state index contributed by atoms with van der Waals surface area (Å²) in [4.78, 5) is 4.03. The van der Waals surface area contributed by atoms with Gasteiger partial charge in [0, 0.05) is 7.05 Å². The maximum absolute atomic E-state index is 8.53. The van der Waals surface area contributed by atoms with Crippen molar-refractivity contribution in [3.05, 3.63) is 17.2 Å². The Balaban J connectivity index is 3.34. The Morgan fingerprint density at radius 3 is 2.30 bits per heavy atom. The Hall–Kier alpha value is -1.30. The van der Waals surface area contributed by atoms with Crippen LogP contribution in [0.2, 0.25) is 0 Å². The maximum atomic E-state index is 8.53. The topological polar surface area (TPSA) is 41.6 Å². The van der Waals surface area contributed by atoms with Crippen LogP contribution in [0, 0.1) is 25.2 Å². The summed E-state index contributed by atoms with van der Waals surface area (Å²) < 4.78 is 1.90. The minimum absolute atomic E-state index is 0.528. The van der Waals surface area contributed by atoms with Crippen LogP contribution in [0.15, 0.2) is 0 Å². The highest BCUT2D eigenvalue weighted by molar-refractivity contribution is 5.27. The zero-order chi connectivity index (χ0) is 7.72. The summed E-state index contributed by atoms with van der Waals surface area (Å²) in [6, 6.07) is 2.02. The largest absolute Gasteiger partial charge is 0.334 e. The van der Waals surface area contributed by atoms with Gasteiger partial charge in [-0.05, 0) is 13.8 Å². The predicted molar refractivity (Wildman–Crippen MR) is 37.4 cm³/mol. The molecule has 0 fully saturated rings. The molecule has 10 heavy (non-hydrogen) atoms. The van der Waals surface area contributed by atoms with Crippen LogP contribution in [0.4, 0.5) is 0 Å². The summed E-state index contributed by atoms with van der Waals surface area (Å²) in [5.74, 6) is 0.883. The molecule has 3 nitrogen and oxygen atoms in total. The van der Waals surface area contributed by atoms with E-state index in [-0.39, 0.29) is 0 Å². The molecule has 0 spiro atoms. The highest BCUT2D eigenvalue weighted by Crippen LogP contribution is 2.05. The number of rotatable bonds is 0. The third-order valence-corrected chi connectivity index (χ3v) is 1.71. The van der Waals surface area contributed by atoms with Gasteiger partial charge in [0.05, 0.1) is 5.69 Å². The maximum Gasteiger partial charge on any atom is 0.161 e. The van der Waals surface area contributed by atoms with Gasteiger partial charge in [0.1, 0.15) is 11.9 Å². The Labute approximate surface area is 59.9 Å². The number of imidazole rings is 1. The van der Waals surface area contributed by atoms with Crippen molar-refractivity contribution in [2.45, 2.75) is 13.8 Å². The van der Waals surface area contributed by atoms with E-state index < -0.39 is 0 Å². The fourth-order valence-electron chi connectivity index (χ4n) is 0.825. The van der Waals surface area contributed by atoms with Gasteiger partial charge in [0.25, 0.3) is 0 Å². The fourth-order valence-corrected chi connectivity index (χ4v) is 0.825. The van der Waals surface area contributed by atoms with Crippen LogP contribution < -0.4 is 0 Å². The first kappa shape index (κ1) is 6.81. The monoisotopic (exact) mass is 135 g/mol. The molecule has 0 unspecified atom stereocenters. The van der Waals surface area contributed by atoms with Crippen molar-refractivity contribution in [3.63, 3.8) is 0 Å². The van der Waals surface area contributed by atoms with Crippen molar-refractivity contribution in [1.82, 2.24) is 9.55 Å². The van der Waals surface area contributed by atoms with Crippen LogP contribution in [0.3, 0.4) is 0 Å². The summed E-state index contributed by atoms with van der Waals surface area (Å²) >= 11 is 0. The predicted octanol–water partition coefficient (Wildman–Crippen LogP) is 0.909. The van der Waals surface area contributed by atoms with E-state index in [0.29, 0.717) is 5.69 Å². The van der Waals surface area contributed by atoms with Gasteiger partial charge >= 0.3 is 0 Å². The summed E-state index contributed by atoms with van der Waals surface area (Å²) in [6.07, 6.45) is 0. The number of hydrogen-bond acceptors (Lipinski definition) is 2. The molecular weight excluding hydrogens is 126 g/mol. The van der Waals surface area contributed by atoms with Crippen molar-refractivity contribution < 1.29 is 0 Å². The highest BCUT2D eigenvalue weighted by Gasteiger charge is 2.04. The van der Waals surface area contributed by atoms with Crippen molar-refractivity contribution in [3.8, 4) is 6.07 Å². The molecule has 0 bridgehead atoms. The van der Waals surface area contributed by atoms with Crippen LogP contribution in [-0.2, 0) is 7.05 Å². The van der Waals surface area contributed by atoms with Gasteiger partial charge < -0.3 is 4.57 Å². The molecule has 0 amide bonds. The Morgan fingerprint density at radius 1 is 1.50 bits per heavy atom. The van der Waals surface area contributed by atoms with E-state index in [1.54, 1.807) is 0 Å². The molecule has 3 heteroatoms. The smallest absolute Gasteiger partial charge is 0.161 e. The lowest BCUT2D eigenvalue weighted by Crippen LogP contribution is -1.92. The molecule has 0 saturated carbocycles. The second kappa shape index (κ2) is 2.14. The van der Waals surface area contributed by atoms with E-state index in [1.807, 2.05) is 31.5 Å². The molecular formula is C7H9N3. The van der Waals surface area contributed by atoms with Crippen molar-refractivity contribution >= 4 is 0 Å². The first-order chi connectivity index (χ1) is 4.66. The lowest BCUT2D eigenvalue weighted by molar-refractivity contribution is 0.827. The van der Waals surface area contributed by atoms with Crippen LogP contribution in [-0.4, -0.2) is 9.55 Å². The lowest BCUT2D eigenvalue weighted by atomic mass is 10.4. The SMILES string of the molecule is Cc1nc(C#N)c(C)n1C. The van der Waals surface area contributed by atoms with E-state index >= 15 is 0 Å². The molecule has 52 valence electrons. The van der Waals surface area contributed by atoms with Crippen molar-refractivity contribution in [1.29, 1.82) is 5.26 Å². The molecule has 0 aliphatic heterocycles. The molecule has 1 heterocycles. The lowest BCUT2D eigenvalue weighted by Gasteiger charge is -1.94. The minimum atomic E-state index is 0.528. The van der Waals surface area contributed by atoms with Gasteiger partial charge in [-0.25, -0.2) is 4.98 Å². The molecule has 0 saturated heterocycles. The van der Waals surface area contributed by atoms with E-state index in [0.717, 1.165) is 11.5 Å². The zero-order valence-corrected chi connectivity index (χ0v) is 6.34. The summed E-state index contributed by atoms with van der Waals surface area (Å²) in [5.41, 5.74) is 1.46. The number of nitriles is 1. The number of hydrogen-bond donors (Lipinski definition) is 0. The van der Waals surface area contributed by atoms with Crippen LogP contribution >= 0.6 is 0 Å².